The molecular weight excluding hydrogens is 579 g/mol. The van der Waals surface area contributed by atoms with Gasteiger partial charge in [0.1, 0.15) is 11.5 Å². The van der Waals surface area contributed by atoms with E-state index in [2.05, 4.69) is 103 Å². The molecule has 0 N–H and O–H groups in total. The molecule has 0 unspecified atom stereocenters. The third-order valence-corrected chi connectivity index (χ3v) is 12.7. The van der Waals surface area contributed by atoms with Gasteiger partial charge in [-0.15, -0.1) is 0 Å². The molecule has 7 aromatic rings. The Labute approximate surface area is 269 Å². The van der Waals surface area contributed by atoms with Crippen LogP contribution in [0.25, 0.3) is 22.3 Å². The van der Waals surface area contributed by atoms with Crippen molar-refractivity contribution < 1.29 is 9.30 Å². The van der Waals surface area contributed by atoms with Crippen LogP contribution >= 0.6 is 7.14 Å². The number of ether oxygens (including phenoxy) is 1. The van der Waals surface area contributed by atoms with E-state index >= 15 is 4.57 Å². The van der Waals surface area contributed by atoms with Gasteiger partial charge in [-0.25, -0.2) is 0 Å². The molecule has 7 aromatic carbocycles. The Balaban J connectivity index is 1.40. The zero-order valence-electron chi connectivity index (χ0n) is 25.0. The fraction of sp³-hybridized carbons (Fsp3) is 0.0233. The van der Waals surface area contributed by atoms with Crippen molar-refractivity contribution in [3.63, 3.8) is 0 Å². The van der Waals surface area contributed by atoms with Crippen molar-refractivity contribution in [2.24, 2.45) is 0 Å². The molecule has 0 radical (unpaired) electrons. The smallest absolute Gasteiger partial charge is 0.171 e. The lowest BCUT2D eigenvalue weighted by Crippen LogP contribution is -2.33. The van der Waals surface area contributed by atoms with Crippen LogP contribution in [-0.4, -0.2) is 0 Å². The van der Waals surface area contributed by atoms with E-state index in [1.54, 1.807) is 0 Å². The van der Waals surface area contributed by atoms with E-state index in [-0.39, 0.29) is 0 Å². The van der Waals surface area contributed by atoms with Gasteiger partial charge in [-0.05, 0) is 57.6 Å². The van der Waals surface area contributed by atoms with Gasteiger partial charge in [0.25, 0.3) is 0 Å². The molecule has 0 bridgehead atoms. The van der Waals surface area contributed by atoms with Crippen LogP contribution in [0.15, 0.2) is 176 Å². The normalized spacial score (nSPS) is 13.7. The van der Waals surface area contributed by atoms with Crippen molar-refractivity contribution in [2.75, 3.05) is 0 Å². The summed E-state index contributed by atoms with van der Waals surface area (Å²) < 4.78 is 22.3. The van der Waals surface area contributed by atoms with Gasteiger partial charge in [-0.2, -0.15) is 0 Å². The zero-order valence-corrected chi connectivity index (χ0v) is 25.9. The number of hydrogen-bond acceptors (Lipinski definition) is 2. The van der Waals surface area contributed by atoms with Crippen molar-refractivity contribution in [2.45, 2.75) is 5.41 Å². The summed E-state index contributed by atoms with van der Waals surface area (Å²) in [6.07, 6.45) is 0. The Morgan fingerprint density at radius 1 is 0.391 bits per heavy atom. The molecule has 0 amide bonds. The minimum Gasteiger partial charge on any atom is -0.457 e. The van der Waals surface area contributed by atoms with E-state index in [1.165, 1.54) is 16.7 Å². The number of para-hydroxylation sites is 2. The Morgan fingerprint density at radius 2 is 0.870 bits per heavy atom. The lowest BCUT2D eigenvalue weighted by molar-refractivity contribution is 0.436. The summed E-state index contributed by atoms with van der Waals surface area (Å²) in [6, 6.07) is 60.6. The van der Waals surface area contributed by atoms with E-state index in [9.17, 15) is 0 Å². The van der Waals surface area contributed by atoms with E-state index in [4.69, 9.17) is 4.74 Å². The Morgan fingerprint density at radius 3 is 1.46 bits per heavy atom. The number of fused-ring (bicyclic) bond motifs is 9. The predicted octanol–water partition coefficient (Wildman–Crippen LogP) is 9.46. The Hall–Kier alpha value is -5.43. The van der Waals surface area contributed by atoms with Gasteiger partial charge in [-0.3, -0.25) is 0 Å². The molecule has 0 atom stereocenters. The Bertz CT molecular complexity index is 2220. The molecule has 2 aliphatic rings. The second-order valence-electron chi connectivity index (χ2n) is 12.0. The Kier molecular flexibility index (Phi) is 6.03. The molecule has 3 heteroatoms. The predicted molar refractivity (Wildman–Crippen MR) is 189 cm³/mol. The monoisotopic (exact) mass is 608 g/mol. The third kappa shape index (κ3) is 3.75. The maximum Gasteiger partial charge on any atom is 0.171 e. The van der Waals surface area contributed by atoms with Crippen molar-refractivity contribution in [1.82, 2.24) is 0 Å². The van der Waals surface area contributed by atoms with Crippen LogP contribution in [0.5, 0.6) is 11.5 Å². The molecule has 1 spiro atoms. The van der Waals surface area contributed by atoms with E-state index in [0.717, 1.165) is 55.2 Å². The minimum atomic E-state index is -3.23. The van der Waals surface area contributed by atoms with Crippen LogP contribution < -0.4 is 20.7 Å². The summed E-state index contributed by atoms with van der Waals surface area (Å²) in [5.41, 5.74) is 8.50. The second-order valence-corrected chi connectivity index (χ2v) is 14.7. The maximum atomic E-state index is 15.7. The fourth-order valence-corrected chi connectivity index (χ4v) is 10.3. The largest absolute Gasteiger partial charge is 0.457 e. The van der Waals surface area contributed by atoms with Gasteiger partial charge < -0.3 is 9.30 Å². The van der Waals surface area contributed by atoms with Crippen LogP contribution in [0.4, 0.5) is 0 Å². The molecular formula is C43H29O2P. The molecule has 218 valence electrons. The zero-order chi connectivity index (χ0) is 30.7. The quantitative estimate of drug-likeness (QED) is 0.186. The molecule has 0 saturated carbocycles. The number of hydrogen-bond donors (Lipinski definition) is 0. The van der Waals surface area contributed by atoms with Crippen molar-refractivity contribution in [3.8, 4) is 33.8 Å². The van der Waals surface area contributed by atoms with Gasteiger partial charge in [-0.1, -0.05) is 152 Å². The average Bonchev–Trinajstić information content (AvgIpc) is 3.42. The summed E-state index contributed by atoms with van der Waals surface area (Å²) in [6.45, 7) is 0. The van der Waals surface area contributed by atoms with E-state index in [0.29, 0.717) is 0 Å². The van der Waals surface area contributed by atoms with E-state index < -0.39 is 12.6 Å². The lowest BCUT2D eigenvalue weighted by Gasteiger charge is -2.39. The fourth-order valence-electron chi connectivity index (χ4n) is 7.62. The van der Waals surface area contributed by atoms with Gasteiger partial charge in [0.05, 0.1) is 5.41 Å². The van der Waals surface area contributed by atoms with Crippen LogP contribution in [0.3, 0.4) is 0 Å². The SMILES string of the molecule is O=P(c1ccccc1)(c1ccccc1)c1ccc2c(c1)C1(c3ccccc3Oc3ccccc31)c1cc(-c3ccccc3)ccc1-2. The summed E-state index contributed by atoms with van der Waals surface area (Å²) in [4.78, 5) is 0. The summed E-state index contributed by atoms with van der Waals surface area (Å²) in [5, 5.41) is 2.47. The van der Waals surface area contributed by atoms with Crippen LogP contribution in [0.2, 0.25) is 0 Å². The summed E-state index contributed by atoms with van der Waals surface area (Å²) >= 11 is 0. The third-order valence-electron chi connectivity index (χ3n) is 9.63. The second kappa shape index (κ2) is 10.3. The molecule has 2 nitrogen and oxygen atoms in total. The topological polar surface area (TPSA) is 26.3 Å². The standard InChI is InChI=1S/C43H29O2P/c44-46(32-16-6-2-7-17-32,33-18-8-3-9-19-33)34-25-27-36-35-26-24-31(30-14-4-1-5-15-30)28-39(35)43(40(36)29-34)37-20-10-12-22-41(37)45-42-23-13-11-21-38(42)43/h1-29H. The molecule has 1 aliphatic carbocycles. The molecule has 9 rings (SSSR count). The van der Waals surface area contributed by atoms with Crippen LogP contribution in [-0.2, 0) is 9.98 Å². The molecule has 0 aromatic heterocycles. The van der Waals surface area contributed by atoms with Crippen molar-refractivity contribution in [3.05, 3.63) is 198 Å². The van der Waals surface area contributed by atoms with Gasteiger partial charge in [0.15, 0.2) is 7.14 Å². The van der Waals surface area contributed by atoms with Gasteiger partial charge in [0, 0.05) is 27.0 Å². The highest BCUT2D eigenvalue weighted by Crippen LogP contribution is 2.62. The molecule has 46 heavy (non-hydrogen) atoms. The van der Waals surface area contributed by atoms with Crippen molar-refractivity contribution in [1.29, 1.82) is 0 Å². The van der Waals surface area contributed by atoms with E-state index in [1.807, 2.05) is 72.8 Å². The maximum absolute atomic E-state index is 15.7. The first kappa shape index (κ1) is 26.9. The minimum absolute atomic E-state index is 0.672. The van der Waals surface area contributed by atoms with Crippen LogP contribution in [0, 0.1) is 0 Å². The average molecular weight is 609 g/mol. The molecule has 1 aliphatic heterocycles. The first-order valence-electron chi connectivity index (χ1n) is 15.6. The first-order valence-corrected chi connectivity index (χ1v) is 17.3. The number of rotatable bonds is 4. The van der Waals surface area contributed by atoms with Crippen LogP contribution in [0.1, 0.15) is 22.3 Å². The van der Waals surface area contributed by atoms with Gasteiger partial charge >= 0.3 is 0 Å². The number of benzene rings is 7. The highest BCUT2D eigenvalue weighted by Gasteiger charge is 2.51. The molecule has 0 saturated heterocycles. The molecule has 0 fully saturated rings. The highest BCUT2D eigenvalue weighted by atomic mass is 31.2. The van der Waals surface area contributed by atoms with Crippen molar-refractivity contribution >= 4 is 23.1 Å². The summed E-state index contributed by atoms with van der Waals surface area (Å²) in [5.74, 6) is 1.68. The molecule has 1 heterocycles. The highest BCUT2D eigenvalue weighted by molar-refractivity contribution is 7.85. The summed E-state index contributed by atoms with van der Waals surface area (Å²) in [7, 11) is -3.23. The van der Waals surface area contributed by atoms with Gasteiger partial charge in [0.2, 0.25) is 0 Å². The lowest BCUT2D eigenvalue weighted by atomic mass is 9.66. The first-order chi connectivity index (χ1) is 22.7.